The zero-order chi connectivity index (χ0) is 16.7. The summed E-state index contributed by atoms with van der Waals surface area (Å²) in [6, 6.07) is 13.3. The Balaban J connectivity index is 1.98. The third-order valence-corrected chi connectivity index (χ3v) is 4.67. The number of rotatable bonds is 7. The standard InChI is InChI=1S/C14H12N4O4Se/c19-17(20)11-6-7-13(14(10-11)18(21)22)16-15-8-9-23-12-4-2-1-3-5-12/h1-8,10,16H,9H2/b15-8+. The second-order valence-corrected chi connectivity index (χ2v) is 6.56. The van der Waals surface area contributed by atoms with Crippen molar-refractivity contribution in [3.8, 4) is 0 Å². The van der Waals surface area contributed by atoms with E-state index in [4.69, 9.17) is 0 Å². The first-order valence-electron chi connectivity index (χ1n) is 6.46. The van der Waals surface area contributed by atoms with Crippen molar-refractivity contribution in [3.05, 3.63) is 68.8 Å². The summed E-state index contributed by atoms with van der Waals surface area (Å²) in [7, 11) is 0. The van der Waals surface area contributed by atoms with Gasteiger partial charge in [0.05, 0.1) is 0 Å². The second-order valence-electron chi connectivity index (χ2n) is 4.26. The first-order chi connectivity index (χ1) is 11.1. The van der Waals surface area contributed by atoms with Crippen molar-refractivity contribution in [2.45, 2.75) is 5.32 Å². The molecule has 9 heteroatoms. The third-order valence-electron chi connectivity index (χ3n) is 2.73. The molecule has 0 saturated carbocycles. The number of hydrogen-bond donors (Lipinski definition) is 1. The van der Waals surface area contributed by atoms with E-state index in [-0.39, 0.29) is 32.0 Å². The fourth-order valence-electron chi connectivity index (χ4n) is 1.68. The molecule has 2 aromatic rings. The van der Waals surface area contributed by atoms with Gasteiger partial charge in [0, 0.05) is 0 Å². The minimum absolute atomic E-state index is 0.115. The van der Waals surface area contributed by atoms with Crippen LogP contribution in [0.25, 0.3) is 0 Å². The summed E-state index contributed by atoms with van der Waals surface area (Å²) in [5.41, 5.74) is 1.96. The van der Waals surface area contributed by atoms with Gasteiger partial charge in [-0.05, 0) is 0 Å². The first kappa shape index (κ1) is 16.6. The molecular formula is C14H12N4O4Se. The Labute approximate surface area is 137 Å². The molecule has 0 atom stereocenters. The fraction of sp³-hybridized carbons (Fsp3) is 0.0714. The molecule has 0 aromatic heterocycles. The van der Waals surface area contributed by atoms with Gasteiger partial charge in [-0.2, -0.15) is 0 Å². The van der Waals surface area contributed by atoms with Gasteiger partial charge >= 0.3 is 137 Å². The molecule has 0 spiro atoms. The van der Waals surface area contributed by atoms with Crippen LogP contribution in [-0.2, 0) is 0 Å². The van der Waals surface area contributed by atoms with Crippen molar-refractivity contribution in [1.82, 2.24) is 0 Å². The molecule has 118 valence electrons. The number of nitro groups is 2. The summed E-state index contributed by atoms with van der Waals surface area (Å²) in [5, 5.41) is 26.3. The van der Waals surface area contributed by atoms with E-state index < -0.39 is 9.85 Å². The topological polar surface area (TPSA) is 111 Å². The van der Waals surface area contributed by atoms with Crippen molar-refractivity contribution < 1.29 is 9.85 Å². The Bertz CT molecular complexity index is 737. The van der Waals surface area contributed by atoms with Crippen LogP contribution >= 0.6 is 0 Å². The predicted molar refractivity (Wildman–Crippen MR) is 88.5 cm³/mol. The number of nitrogens with one attached hydrogen (secondary N) is 1. The zero-order valence-electron chi connectivity index (χ0n) is 11.8. The monoisotopic (exact) mass is 380 g/mol. The maximum absolute atomic E-state index is 11.0. The van der Waals surface area contributed by atoms with E-state index in [1.165, 1.54) is 16.6 Å². The Hall–Kier alpha value is -2.77. The second kappa shape index (κ2) is 8.02. The summed E-state index contributed by atoms with van der Waals surface area (Å²) >= 11 is 0.230. The molecular weight excluding hydrogens is 367 g/mol. The number of nitro benzene ring substituents is 2. The van der Waals surface area contributed by atoms with Gasteiger partial charge in [0.1, 0.15) is 0 Å². The van der Waals surface area contributed by atoms with Crippen molar-refractivity contribution in [1.29, 1.82) is 0 Å². The Morgan fingerprint density at radius 3 is 2.48 bits per heavy atom. The Morgan fingerprint density at radius 2 is 1.83 bits per heavy atom. The summed E-state index contributed by atoms with van der Waals surface area (Å²) in [6.45, 7) is 0. The molecule has 0 saturated heterocycles. The molecule has 0 unspecified atom stereocenters. The van der Waals surface area contributed by atoms with E-state index >= 15 is 0 Å². The average Bonchev–Trinajstić information content (AvgIpc) is 2.55. The maximum atomic E-state index is 11.0. The number of nitrogens with zero attached hydrogens (tertiary/aromatic N) is 3. The van der Waals surface area contributed by atoms with Crippen LogP contribution in [0.4, 0.5) is 17.1 Å². The van der Waals surface area contributed by atoms with Gasteiger partial charge in [0.15, 0.2) is 0 Å². The van der Waals surface area contributed by atoms with Crippen LogP contribution in [0.1, 0.15) is 0 Å². The van der Waals surface area contributed by atoms with Gasteiger partial charge in [-0.3, -0.25) is 0 Å². The summed E-state index contributed by atoms with van der Waals surface area (Å²) in [6.07, 6.45) is 1.64. The molecule has 8 nitrogen and oxygen atoms in total. The van der Waals surface area contributed by atoms with Crippen molar-refractivity contribution in [2.75, 3.05) is 5.43 Å². The van der Waals surface area contributed by atoms with E-state index in [0.29, 0.717) is 0 Å². The van der Waals surface area contributed by atoms with Crippen molar-refractivity contribution >= 4 is 42.7 Å². The van der Waals surface area contributed by atoms with E-state index in [1.54, 1.807) is 6.21 Å². The Kier molecular flexibility index (Phi) is 5.79. The average molecular weight is 379 g/mol. The molecule has 0 aliphatic carbocycles. The molecule has 2 rings (SSSR count). The summed E-state index contributed by atoms with van der Waals surface area (Å²) in [5.74, 6) is 0. The molecule has 0 bridgehead atoms. The van der Waals surface area contributed by atoms with E-state index in [2.05, 4.69) is 10.5 Å². The number of hydrogen-bond acceptors (Lipinski definition) is 6. The zero-order valence-corrected chi connectivity index (χ0v) is 13.5. The van der Waals surface area contributed by atoms with Crippen LogP contribution in [0, 0.1) is 20.2 Å². The first-order valence-corrected chi connectivity index (χ1v) is 8.53. The van der Waals surface area contributed by atoms with Gasteiger partial charge in [-0.1, -0.05) is 0 Å². The SMILES string of the molecule is O=[N+]([O-])c1ccc(N/N=C/C[Se]c2ccccc2)c([N+](=O)[O-])c1. The van der Waals surface area contributed by atoms with Gasteiger partial charge in [-0.15, -0.1) is 0 Å². The van der Waals surface area contributed by atoms with Gasteiger partial charge in [0.2, 0.25) is 0 Å². The predicted octanol–water partition coefficient (Wildman–Crippen LogP) is 2.35. The number of anilines is 1. The quantitative estimate of drug-likeness (QED) is 0.344. The van der Waals surface area contributed by atoms with Crippen molar-refractivity contribution in [2.24, 2.45) is 5.10 Å². The van der Waals surface area contributed by atoms with Crippen LogP contribution in [0.15, 0.2) is 53.6 Å². The molecule has 0 heterocycles. The molecule has 2 aromatic carbocycles. The van der Waals surface area contributed by atoms with Gasteiger partial charge in [0.25, 0.3) is 0 Å². The van der Waals surface area contributed by atoms with Crippen LogP contribution in [0.2, 0.25) is 5.32 Å². The summed E-state index contributed by atoms with van der Waals surface area (Å²) in [4.78, 5) is 20.3. The van der Waals surface area contributed by atoms with E-state index in [0.717, 1.165) is 11.4 Å². The van der Waals surface area contributed by atoms with E-state index in [9.17, 15) is 20.2 Å². The summed E-state index contributed by atoms with van der Waals surface area (Å²) < 4.78 is 1.23. The van der Waals surface area contributed by atoms with Crippen molar-refractivity contribution in [3.63, 3.8) is 0 Å². The van der Waals surface area contributed by atoms with Crippen LogP contribution in [0.3, 0.4) is 0 Å². The van der Waals surface area contributed by atoms with Crippen LogP contribution < -0.4 is 9.89 Å². The van der Waals surface area contributed by atoms with Gasteiger partial charge in [-0.25, -0.2) is 0 Å². The number of benzene rings is 2. The molecule has 23 heavy (non-hydrogen) atoms. The Morgan fingerprint density at radius 1 is 1.09 bits per heavy atom. The molecule has 0 aliphatic heterocycles. The normalized spacial score (nSPS) is 10.6. The molecule has 1 N–H and O–H groups in total. The number of hydrazone groups is 1. The molecule has 0 radical (unpaired) electrons. The number of non-ortho nitro benzene ring substituents is 1. The minimum atomic E-state index is -0.682. The molecule has 0 fully saturated rings. The van der Waals surface area contributed by atoms with Crippen LogP contribution in [-0.4, -0.2) is 31.0 Å². The van der Waals surface area contributed by atoms with E-state index in [1.807, 2.05) is 30.3 Å². The van der Waals surface area contributed by atoms with Gasteiger partial charge < -0.3 is 0 Å². The fourth-order valence-corrected chi connectivity index (χ4v) is 3.13. The molecule has 0 aliphatic rings. The molecule has 0 amide bonds. The van der Waals surface area contributed by atoms with Crippen LogP contribution in [0.5, 0.6) is 0 Å². The third kappa shape index (κ3) is 4.87.